The molecule has 0 spiro atoms. The molecule has 7 heterocycles. The first kappa shape index (κ1) is 58.1. The lowest BCUT2D eigenvalue weighted by molar-refractivity contribution is -0.160. The molecular weight excluding hydrogens is 1050 g/mol. The van der Waals surface area contributed by atoms with Gasteiger partial charge in [-0.25, -0.2) is 13.4 Å². The number of nitrogens with one attached hydrogen (secondary N) is 1. The Morgan fingerprint density at radius 3 is 2.00 bits per heavy atom. The number of nitrogens with zero attached hydrogens (tertiary/aromatic N) is 6. The summed E-state index contributed by atoms with van der Waals surface area (Å²) in [5, 5.41) is 2.95. The maximum atomic E-state index is 15.4. The van der Waals surface area contributed by atoms with E-state index < -0.39 is 32.6 Å². The van der Waals surface area contributed by atoms with Gasteiger partial charge in [0.1, 0.15) is 5.82 Å². The summed E-state index contributed by atoms with van der Waals surface area (Å²) >= 11 is 13.0. The summed E-state index contributed by atoms with van der Waals surface area (Å²) in [6, 6.07) is 17.8. The summed E-state index contributed by atoms with van der Waals surface area (Å²) in [4.78, 5) is 83.6. The highest BCUT2D eigenvalue weighted by Gasteiger charge is 2.54. The first-order valence-electron chi connectivity index (χ1n) is 29.1. The molecule has 0 bridgehead atoms. The van der Waals surface area contributed by atoms with Gasteiger partial charge < -0.3 is 24.5 Å². The molecule has 0 radical (unpaired) electrons. The van der Waals surface area contributed by atoms with Crippen molar-refractivity contribution in [1.29, 1.82) is 0 Å². The Kier molecular flexibility index (Phi) is 18.7. The molecule has 0 saturated carbocycles. The fourth-order valence-corrected chi connectivity index (χ4v) is 15.6. The van der Waals surface area contributed by atoms with Gasteiger partial charge in [-0.1, -0.05) is 68.2 Å². The lowest BCUT2D eigenvalue weighted by Gasteiger charge is -2.53. The van der Waals surface area contributed by atoms with Crippen molar-refractivity contribution in [2.45, 2.75) is 147 Å². The van der Waals surface area contributed by atoms with Crippen LogP contribution in [0.25, 0.3) is 0 Å². The molecule has 424 valence electrons. The van der Waals surface area contributed by atoms with Crippen molar-refractivity contribution in [3.8, 4) is 0 Å². The Hall–Kier alpha value is -4.57. The molecule has 5 amide bonds. The molecule has 17 heteroatoms. The van der Waals surface area contributed by atoms with E-state index in [1.165, 1.54) is 19.3 Å². The number of piperidine rings is 6. The molecule has 1 N–H and O–H groups in total. The average molecular weight is 1130 g/mol. The summed E-state index contributed by atoms with van der Waals surface area (Å²) < 4.78 is 27.5. The molecule has 0 aliphatic carbocycles. The zero-order valence-corrected chi connectivity index (χ0v) is 48.9. The number of halogens is 2. The van der Waals surface area contributed by atoms with E-state index in [0.717, 1.165) is 99.9 Å². The summed E-state index contributed by atoms with van der Waals surface area (Å²) in [5.74, 6) is 1.18. The Balaban J connectivity index is 0.742. The molecule has 6 saturated heterocycles. The second-order valence-corrected chi connectivity index (χ2v) is 28.3. The first-order valence-corrected chi connectivity index (χ1v) is 31.6. The van der Waals surface area contributed by atoms with Gasteiger partial charge in [-0.05, 0) is 174 Å². The lowest BCUT2D eigenvalue weighted by Crippen LogP contribution is -2.59. The van der Waals surface area contributed by atoms with Gasteiger partial charge in [-0.2, -0.15) is 0 Å². The monoisotopic (exact) mass is 1130 g/mol. The standard InChI is InChI=1S/C61H83Cl2N7O7S/c1-40(2)53(39-78(76,77)41(3)4)70-57(45-9-11-49(62)12-10-45)52(47-7-6-8-50(63)34-47)36-61(5,60(70)75)37-56(72)68-31-22-46(23-32-68)59(74)69-29-18-43(19-30-69)33-42-16-25-66(26-17-42)38-44-20-27-67(28-21-44)54-35-48(15-24-64-54)51-13-14-55(71)65-58(51)73/h6-12,15,24,34-35,40-44,46,51-53,57H,13-14,16-23,25-33,36-39H2,1-5H3,(H,65,71,73)/t51?,52-,53-,57-,61-/m1/s1. The highest BCUT2D eigenvalue weighted by Crippen LogP contribution is 2.53. The lowest BCUT2D eigenvalue weighted by atomic mass is 9.66. The van der Waals surface area contributed by atoms with Crippen LogP contribution < -0.4 is 10.2 Å². The normalized spacial score (nSPS) is 25.5. The van der Waals surface area contributed by atoms with Gasteiger partial charge in [0.15, 0.2) is 9.84 Å². The molecule has 1 unspecified atom stereocenters. The van der Waals surface area contributed by atoms with Crippen molar-refractivity contribution in [3.05, 3.63) is 93.6 Å². The molecule has 5 atom stereocenters. The number of carbonyl (C=O) groups excluding carboxylic acids is 5. The zero-order valence-electron chi connectivity index (χ0n) is 46.6. The van der Waals surface area contributed by atoms with Gasteiger partial charge in [0.2, 0.25) is 29.5 Å². The first-order chi connectivity index (χ1) is 37.2. The van der Waals surface area contributed by atoms with Crippen LogP contribution in [0.15, 0.2) is 66.9 Å². The molecule has 6 aliphatic rings. The van der Waals surface area contributed by atoms with Crippen molar-refractivity contribution >= 4 is 68.4 Å². The molecule has 78 heavy (non-hydrogen) atoms. The SMILES string of the molecule is CC(C)[C@@H](CS(=O)(=O)C(C)C)N1C(=O)[C@@](C)(CC(=O)N2CCC(C(=O)N3CCC(CC4CCN(CC5CCN(c6cc(C7CCC(=O)NC7=O)ccn6)CC5)CC4)CC3)CC2)C[C@H](c2cccc(Cl)c2)[C@H]1c1ccc(Cl)cc1. The molecular formula is C61H83Cl2N7O7S. The number of carbonyl (C=O) groups is 5. The fraction of sp³-hybridized carbons (Fsp3) is 0.639. The van der Waals surface area contributed by atoms with E-state index in [1.54, 1.807) is 37.1 Å². The third-order valence-electron chi connectivity index (χ3n) is 18.7. The van der Waals surface area contributed by atoms with Gasteiger partial charge in [0.05, 0.1) is 28.4 Å². The van der Waals surface area contributed by atoms with Crippen LogP contribution in [-0.2, 0) is 33.8 Å². The second kappa shape index (κ2) is 25.1. The van der Waals surface area contributed by atoms with E-state index in [-0.39, 0.29) is 65.4 Å². The van der Waals surface area contributed by atoms with Crippen molar-refractivity contribution in [1.82, 2.24) is 29.9 Å². The number of amides is 5. The molecule has 3 aromatic rings. The predicted octanol–water partition coefficient (Wildman–Crippen LogP) is 9.71. The van der Waals surface area contributed by atoms with E-state index in [1.807, 2.05) is 74.2 Å². The largest absolute Gasteiger partial charge is 0.357 e. The van der Waals surface area contributed by atoms with Crippen molar-refractivity contribution in [2.75, 3.05) is 69.6 Å². The van der Waals surface area contributed by atoms with E-state index in [0.29, 0.717) is 67.1 Å². The third-order valence-corrected chi connectivity index (χ3v) is 21.5. The van der Waals surface area contributed by atoms with Crippen molar-refractivity contribution < 1.29 is 32.4 Å². The molecule has 6 fully saturated rings. The molecule has 6 aliphatic heterocycles. The topological polar surface area (TPSA) is 161 Å². The number of pyridine rings is 1. The summed E-state index contributed by atoms with van der Waals surface area (Å²) in [6.07, 6.45) is 12.2. The van der Waals surface area contributed by atoms with Gasteiger partial charge in [-0.3, -0.25) is 29.3 Å². The highest BCUT2D eigenvalue weighted by atomic mass is 35.5. The maximum Gasteiger partial charge on any atom is 0.234 e. The smallest absolute Gasteiger partial charge is 0.234 e. The summed E-state index contributed by atoms with van der Waals surface area (Å²) in [5.41, 5.74) is 1.51. The fourth-order valence-electron chi connectivity index (χ4n) is 13.8. The minimum absolute atomic E-state index is 0.0366. The molecule has 9 rings (SSSR count). The van der Waals surface area contributed by atoms with Crippen LogP contribution in [-0.4, -0.2) is 138 Å². The quantitative estimate of drug-likeness (QED) is 0.137. The number of sulfone groups is 1. The van der Waals surface area contributed by atoms with E-state index in [4.69, 9.17) is 23.2 Å². The Morgan fingerprint density at radius 2 is 1.37 bits per heavy atom. The Bertz CT molecular complexity index is 2730. The van der Waals surface area contributed by atoms with Gasteiger partial charge in [0, 0.05) is 92.8 Å². The maximum absolute atomic E-state index is 15.4. The molecule has 14 nitrogen and oxygen atoms in total. The van der Waals surface area contributed by atoms with Crippen LogP contribution in [0.2, 0.25) is 10.0 Å². The summed E-state index contributed by atoms with van der Waals surface area (Å²) in [6.45, 7) is 16.9. The van der Waals surface area contributed by atoms with Gasteiger partial charge in [0.25, 0.3) is 0 Å². The third kappa shape index (κ3) is 13.6. The number of aromatic nitrogens is 1. The number of benzene rings is 2. The van der Waals surface area contributed by atoms with Crippen LogP contribution in [0, 0.1) is 35.0 Å². The van der Waals surface area contributed by atoms with Crippen molar-refractivity contribution in [2.24, 2.45) is 35.0 Å². The van der Waals surface area contributed by atoms with Gasteiger partial charge in [-0.15, -0.1) is 0 Å². The summed E-state index contributed by atoms with van der Waals surface area (Å²) in [7, 11) is -3.60. The van der Waals surface area contributed by atoms with E-state index in [9.17, 15) is 27.6 Å². The number of likely N-dealkylation sites (tertiary alicyclic amines) is 4. The number of anilines is 1. The number of hydrogen-bond acceptors (Lipinski definition) is 10. The minimum Gasteiger partial charge on any atom is -0.357 e. The second-order valence-electron chi connectivity index (χ2n) is 24.8. The number of hydrogen-bond donors (Lipinski definition) is 1. The Morgan fingerprint density at radius 1 is 0.731 bits per heavy atom. The number of imide groups is 1. The van der Waals surface area contributed by atoms with Crippen LogP contribution in [0.4, 0.5) is 5.82 Å². The van der Waals surface area contributed by atoms with E-state index >= 15 is 4.79 Å². The van der Waals surface area contributed by atoms with Gasteiger partial charge >= 0.3 is 0 Å². The van der Waals surface area contributed by atoms with Crippen LogP contribution in [0.5, 0.6) is 0 Å². The minimum atomic E-state index is -3.60. The molecule has 1 aromatic heterocycles. The van der Waals surface area contributed by atoms with Crippen molar-refractivity contribution in [3.63, 3.8) is 0 Å². The average Bonchev–Trinajstić information content (AvgIpc) is 3.56. The van der Waals surface area contributed by atoms with Crippen LogP contribution in [0.1, 0.15) is 153 Å². The van der Waals surface area contributed by atoms with Crippen LogP contribution >= 0.6 is 23.2 Å². The highest BCUT2D eigenvalue weighted by molar-refractivity contribution is 7.92. The predicted molar refractivity (Wildman–Crippen MR) is 307 cm³/mol. The van der Waals surface area contributed by atoms with Crippen LogP contribution in [0.3, 0.4) is 0 Å². The Labute approximate surface area is 473 Å². The number of rotatable bonds is 16. The van der Waals surface area contributed by atoms with E-state index in [2.05, 4.69) is 25.0 Å². The zero-order chi connectivity index (χ0) is 55.5. The molecule has 2 aromatic carbocycles.